The van der Waals surface area contributed by atoms with E-state index in [4.69, 9.17) is 24.7 Å². The number of ether oxygens (including phenoxy) is 4. The van der Waals surface area contributed by atoms with Crippen LogP contribution in [0.4, 0.5) is 10.5 Å². The number of hydrogen-bond donors (Lipinski definition) is 6. The molecule has 2 aromatic heterocycles. The number of nitrogens with one attached hydrogen (secondary N) is 3. The lowest BCUT2D eigenvalue weighted by molar-refractivity contribution is -0.296. The van der Waals surface area contributed by atoms with E-state index in [1.54, 1.807) is 17.7 Å². The van der Waals surface area contributed by atoms with Gasteiger partial charge in [0, 0.05) is 62.2 Å². The number of nitrogens with zero attached hydrogens (tertiary/aromatic N) is 6. The summed E-state index contributed by atoms with van der Waals surface area (Å²) in [5.74, 6) is -4.64. The summed E-state index contributed by atoms with van der Waals surface area (Å²) in [4.78, 5) is 56.2. The van der Waals surface area contributed by atoms with Crippen LogP contribution in [0.5, 0.6) is 0 Å². The number of rotatable bonds is 26. The second-order valence-corrected chi connectivity index (χ2v) is 19.6. The number of anilines is 1. The monoisotopic (exact) mass is 953 g/mol. The molecule has 3 aromatic rings. The molecule has 0 radical (unpaired) electrons. The Morgan fingerprint density at radius 1 is 1.13 bits per heavy atom. The molecule has 13 atom stereocenters. The number of aliphatic hydroxyl groups is 1. The van der Waals surface area contributed by atoms with E-state index in [0.29, 0.717) is 44.6 Å². The SMILES string of the molecule is CC[C@@H](C)[C@@]1(C)OC(=O)N(CCCCn2cc(-c3cccc(N)c3)nn2)[C@@H]1[C@@H](C)NC[C@H](C)C[C@@](C)(OC)[C@H](O[C@@H]1OC(CNC(=O)c2ccn[nH]2)CC(N(C)C)C1O)[C@@H](C)C(=O)[C@@H](C)C(=O)O. The van der Waals surface area contributed by atoms with E-state index in [0.717, 1.165) is 24.1 Å². The normalized spacial score (nSPS) is 25.5. The van der Waals surface area contributed by atoms with Crippen molar-refractivity contribution in [1.29, 1.82) is 0 Å². The highest BCUT2D eigenvalue weighted by Gasteiger charge is 2.55. The lowest BCUT2D eigenvalue weighted by Gasteiger charge is -2.47. The lowest BCUT2D eigenvalue weighted by Crippen LogP contribution is -2.60. The molecule has 4 heterocycles. The number of unbranched alkanes of at least 4 members (excludes halogenated alkanes) is 1. The summed E-state index contributed by atoms with van der Waals surface area (Å²) in [5.41, 5.74) is 6.54. The third kappa shape index (κ3) is 12.8. The van der Waals surface area contributed by atoms with Gasteiger partial charge in [0.1, 0.15) is 29.0 Å². The maximum Gasteiger partial charge on any atom is 0.410 e. The number of aliphatic carboxylic acids is 1. The van der Waals surface area contributed by atoms with Gasteiger partial charge < -0.3 is 50.4 Å². The number of likely N-dealkylation sites (N-methyl/N-ethyl adjacent to an activating group) is 1. The first-order valence-corrected chi connectivity index (χ1v) is 23.9. The molecule has 2 aliphatic rings. The first-order valence-electron chi connectivity index (χ1n) is 23.9. The number of benzene rings is 1. The summed E-state index contributed by atoms with van der Waals surface area (Å²) in [6.45, 7) is 16.7. The largest absolute Gasteiger partial charge is 0.481 e. The van der Waals surface area contributed by atoms with Gasteiger partial charge in [0.15, 0.2) is 12.1 Å². The molecule has 378 valence electrons. The number of nitrogens with two attached hydrogens (primary N) is 1. The first kappa shape index (κ1) is 54.0. The van der Waals surface area contributed by atoms with E-state index in [-0.39, 0.29) is 48.2 Å². The molecule has 2 aliphatic heterocycles. The molecule has 0 saturated carbocycles. The van der Waals surface area contributed by atoms with Gasteiger partial charge in [-0.2, -0.15) is 5.10 Å². The van der Waals surface area contributed by atoms with Crippen LogP contribution in [0.1, 0.15) is 98.0 Å². The molecule has 7 N–H and O–H groups in total. The molecular formula is C48H76N10O10. The Hall–Kier alpha value is -4.99. The van der Waals surface area contributed by atoms with Crippen molar-refractivity contribution in [3.8, 4) is 11.3 Å². The Bertz CT molecular complexity index is 2120. The molecule has 2 amide bonds. The van der Waals surface area contributed by atoms with Crippen molar-refractivity contribution in [3.05, 3.63) is 48.4 Å². The molecule has 0 bridgehead atoms. The number of cyclic esters (lactones) is 1. The summed E-state index contributed by atoms with van der Waals surface area (Å²) in [6, 6.07) is 8.08. The van der Waals surface area contributed by atoms with Crippen molar-refractivity contribution >= 4 is 29.4 Å². The Morgan fingerprint density at radius 2 is 1.85 bits per heavy atom. The van der Waals surface area contributed by atoms with Crippen LogP contribution in [-0.2, 0) is 35.1 Å². The topological polar surface area (TPSA) is 262 Å². The fourth-order valence-electron chi connectivity index (χ4n) is 9.86. The van der Waals surface area contributed by atoms with Gasteiger partial charge in [-0.25, -0.2) is 4.79 Å². The number of aliphatic hydroxyl groups excluding tert-OH is 1. The fraction of sp³-hybridized carbons (Fsp3) is 0.688. The number of methoxy groups -OCH3 is 1. The van der Waals surface area contributed by atoms with Gasteiger partial charge in [-0.1, -0.05) is 45.0 Å². The number of Topliss-reactive ketones (excluding diaryl/α,β-unsaturated/α-hetero) is 1. The minimum absolute atomic E-state index is 0.0576. The van der Waals surface area contributed by atoms with E-state index in [1.807, 2.05) is 75.1 Å². The molecule has 5 rings (SSSR count). The predicted octanol–water partition coefficient (Wildman–Crippen LogP) is 4.21. The molecular weight excluding hydrogens is 877 g/mol. The summed E-state index contributed by atoms with van der Waals surface area (Å²) < 4.78 is 27.4. The smallest absolute Gasteiger partial charge is 0.410 e. The van der Waals surface area contributed by atoms with Crippen LogP contribution < -0.4 is 16.4 Å². The number of carboxylic acids is 1. The number of hydrogen-bond acceptors (Lipinski definition) is 15. The molecule has 3 unspecified atom stereocenters. The molecule has 0 aliphatic carbocycles. The first-order chi connectivity index (χ1) is 32.1. The van der Waals surface area contributed by atoms with Crippen LogP contribution >= 0.6 is 0 Å². The third-order valence-electron chi connectivity index (χ3n) is 14.3. The molecule has 68 heavy (non-hydrogen) atoms. The highest BCUT2D eigenvalue weighted by molar-refractivity contribution is 5.99. The third-order valence-corrected chi connectivity index (χ3v) is 14.3. The van der Waals surface area contributed by atoms with Gasteiger partial charge in [-0.05, 0) is 110 Å². The number of carboxylic acid groups (broad SMARTS) is 1. The molecule has 20 heteroatoms. The van der Waals surface area contributed by atoms with Crippen LogP contribution in [0.3, 0.4) is 0 Å². The van der Waals surface area contributed by atoms with Crippen molar-refractivity contribution < 1.29 is 48.3 Å². The number of aryl methyl sites for hydroxylation is 1. The number of aromatic nitrogens is 5. The Morgan fingerprint density at radius 3 is 2.49 bits per heavy atom. The van der Waals surface area contributed by atoms with E-state index >= 15 is 0 Å². The second-order valence-electron chi connectivity index (χ2n) is 19.6. The summed E-state index contributed by atoms with van der Waals surface area (Å²) in [7, 11) is 5.16. The minimum atomic E-state index is -1.34. The molecule has 2 saturated heterocycles. The average Bonchev–Trinajstić information content (AvgIpc) is 4.08. The average molecular weight is 953 g/mol. The number of amides is 2. The van der Waals surface area contributed by atoms with Gasteiger partial charge in [-0.3, -0.25) is 29.1 Å². The fourth-order valence-corrected chi connectivity index (χ4v) is 9.86. The summed E-state index contributed by atoms with van der Waals surface area (Å²) >= 11 is 0. The van der Waals surface area contributed by atoms with E-state index in [2.05, 4.69) is 51.9 Å². The predicted molar refractivity (Wildman–Crippen MR) is 254 cm³/mol. The molecule has 1 aromatic carbocycles. The van der Waals surface area contributed by atoms with Crippen LogP contribution in [0.2, 0.25) is 0 Å². The van der Waals surface area contributed by atoms with Gasteiger partial charge in [0.25, 0.3) is 5.91 Å². The van der Waals surface area contributed by atoms with Crippen LogP contribution in [0.25, 0.3) is 11.3 Å². The Kier molecular flexibility index (Phi) is 18.7. The van der Waals surface area contributed by atoms with Crippen molar-refractivity contribution in [2.45, 2.75) is 148 Å². The maximum atomic E-state index is 13.9. The van der Waals surface area contributed by atoms with Crippen molar-refractivity contribution in [1.82, 2.24) is 45.6 Å². The number of aromatic amines is 1. The van der Waals surface area contributed by atoms with Crippen LogP contribution in [0, 0.1) is 23.7 Å². The van der Waals surface area contributed by atoms with Crippen LogP contribution in [-0.4, -0.2) is 164 Å². The summed E-state index contributed by atoms with van der Waals surface area (Å²) in [5, 5.41) is 43.3. The number of carbonyl (C=O) groups is 4. The van der Waals surface area contributed by atoms with Gasteiger partial charge >= 0.3 is 12.1 Å². The van der Waals surface area contributed by atoms with Gasteiger partial charge in [-0.15, -0.1) is 5.10 Å². The number of ketones is 1. The maximum absolute atomic E-state index is 13.9. The number of nitrogen functional groups attached to an aromatic ring is 1. The lowest BCUT2D eigenvalue weighted by atomic mass is 9.78. The number of H-pyrrole nitrogens is 1. The molecule has 0 spiro atoms. The zero-order valence-corrected chi connectivity index (χ0v) is 41.7. The minimum Gasteiger partial charge on any atom is -0.481 e. The number of carbonyl (C=O) groups excluding carboxylic acids is 3. The Balaban J connectivity index is 1.29. The van der Waals surface area contributed by atoms with Crippen LogP contribution in [0.15, 0.2) is 42.7 Å². The van der Waals surface area contributed by atoms with Crippen molar-refractivity contribution in [2.24, 2.45) is 23.7 Å². The van der Waals surface area contributed by atoms with Gasteiger partial charge in [0.05, 0.1) is 30.0 Å². The zero-order chi connectivity index (χ0) is 50.1. The standard InChI is InChI=1S/C48H76N10O10/c1-12-29(3)48(8)41(58(46(64)68-48)21-14-13-20-57-27-37(54-55-57)33-16-15-17-34(49)22-33)32(6)50-25-28(2)24-47(7,65-11)42(30(4)39(59)31(5)44(62)63)67-45-40(60)38(56(9)10)23-35(66-45)26-51-43(61)36-18-19-52-53-36/h15-19,22,27-32,35,38,40-42,45,50,60H,12-14,20-21,23-26,49H2,1-11H3,(H,51,61)(H,52,53)(H,62,63)/t28-,29-,30+,31-,32-,35?,38?,40?,41-,42-,45+,47-,48-/m1/s1. The van der Waals surface area contributed by atoms with Crippen molar-refractivity contribution in [2.75, 3.05) is 46.6 Å². The molecule has 20 nitrogen and oxygen atoms in total. The Labute approximate surface area is 400 Å². The highest BCUT2D eigenvalue weighted by Crippen LogP contribution is 2.40. The van der Waals surface area contributed by atoms with Crippen molar-refractivity contribution in [3.63, 3.8) is 0 Å². The molecule has 2 fully saturated rings. The van der Waals surface area contributed by atoms with Gasteiger partial charge in [0.2, 0.25) is 0 Å². The zero-order valence-electron chi connectivity index (χ0n) is 41.7. The second kappa shape index (κ2) is 23.5. The van der Waals surface area contributed by atoms with E-state index in [9.17, 15) is 29.4 Å². The van der Waals surface area contributed by atoms with E-state index in [1.165, 1.54) is 20.2 Å². The highest BCUT2D eigenvalue weighted by atomic mass is 16.7. The van der Waals surface area contributed by atoms with E-state index < -0.39 is 65.4 Å². The summed E-state index contributed by atoms with van der Waals surface area (Å²) in [6.07, 6.45) is 1.83. The quantitative estimate of drug-likeness (QED) is 0.0374.